The number of hydrogen-bond acceptors (Lipinski definition) is 6. The zero-order valence-corrected chi connectivity index (χ0v) is 20.3. The average Bonchev–Trinajstić information content (AvgIpc) is 3.47. The molecule has 1 saturated heterocycles. The van der Waals surface area contributed by atoms with Crippen LogP contribution in [0, 0.1) is 0 Å². The number of fused-ring (bicyclic) bond motifs is 2. The largest absolute Gasteiger partial charge is 0.492 e. The first-order chi connectivity index (χ1) is 16.0. The Morgan fingerprint density at radius 2 is 1.97 bits per heavy atom. The summed E-state index contributed by atoms with van der Waals surface area (Å²) in [5, 5.41) is 0.782. The van der Waals surface area contributed by atoms with Crippen LogP contribution in [0.3, 0.4) is 0 Å². The van der Waals surface area contributed by atoms with Crippen molar-refractivity contribution in [1.82, 2.24) is 9.47 Å². The van der Waals surface area contributed by atoms with Crippen molar-refractivity contribution in [2.45, 2.75) is 19.9 Å². The van der Waals surface area contributed by atoms with Crippen molar-refractivity contribution < 1.29 is 23.8 Å². The summed E-state index contributed by atoms with van der Waals surface area (Å²) in [5.41, 5.74) is 1.91. The molecule has 0 aliphatic carbocycles. The Morgan fingerprint density at radius 3 is 2.82 bits per heavy atom. The van der Waals surface area contributed by atoms with Gasteiger partial charge in [0.15, 0.2) is 11.5 Å². The van der Waals surface area contributed by atoms with Crippen molar-refractivity contribution in [3.63, 3.8) is 0 Å². The van der Waals surface area contributed by atoms with Crippen molar-refractivity contribution in [2.75, 3.05) is 19.9 Å². The molecule has 9 heteroatoms. The summed E-state index contributed by atoms with van der Waals surface area (Å²) < 4.78 is 19.7. The Labute approximate surface area is 203 Å². The van der Waals surface area contributed by atoms with Gasteiger partial charge in [-0.15, -0.1) is 0 Å². The van der Waals surface area contributed by atoms with Gasteiger partial charge in [0.1, 0.15) is 12.4 Å². The number of imide groups is 1. The van der Waals surface area contributed by atoms with Crippen molar-refractivity contribution in [2.24, 2.45) is 0 Å². The van der Waals surface area contributed by atoms with E-state index in [1.54, 1.807) is 0 Å². The first-order valence-corrected chi connectivity index (χ1v) is 12.2. The minimum atomic E-state index is -0.228. The van der Waals surface area contributed by atoms with E-state index in [-0.39, 0.29) is 17.9 Å². The van der Waals surface area contributed by atoms with Crippen LogP contribution in [0.2, 0.25) is 0 Å². The molecule has 0 bridgehead atoms. The summed E-state index contributed by atoms with van der Waals surface area (Å²) in [6.45, 7) is 3.67. The van der Waals surface area contributed by atoms with Gasteiger partial charge in [-0.3, -0.25) is 14.5 Å². The normalized spacial score (nSPS) is 16.4. The molecule has 3 heterocycles. The fraction of sp³-hybridized carbons (Fsp3) is 0.250. The first kappa shape index (κ1) is 21.9. The Balaban J connectivity index is 1.38. The number of nitrogens with zero attached hydrogens (tertiary/aromatic N) is 2. The zero-order valence-electron chi connectivity index (χ0n) is 17.9. The molecule has 2 amide bonds. The third kappa shape index (κ3) is 4.35. The number of ether oxygens (including phenoxy) is 3. The number of carbonyl (C=O) groups excluding carboxylic acids is 2. The number of hydrogen-bond donors (Lipinski definition) is 0. The van der Waals surface area contributed by atoms with Crippen LogP contribution in [0.25, 0.3) is 17.0 Å². The molecule has 33 heavy (non-hydrogen) atoms. The molecule has 0 saturated carbocycles. The van der Waals surface area contributed by atoms with Gasteiger partial charge >= 0.3 is 0 Å². The summed E-state index contributed by atoms with van der Waals surface area (Å²) in [6, 6.07) is 11.6. The van der Waals surface area contributed by atoms with Crippen LogP contribution in [-0.2, 0) is 11.3 Å². The highest BCUT2D eigenvalue weighted by Gasteiger charge is 2.34. The third-order valence-electron chi connectivity index (χ3n) is 5.43. The van der Waals surface area contributed by atoms with Crippen LogP contribution in [0.5, 0.6) is 17.2 Å². The number of aromatic nitrogens is 1. The zero-order chi connectivity index (χ0) is 22.9. The first-order valence-electron chi connectivity index (χ1n) is 10.6. The third-order valence-corrected chi connectivity index (χ3v) is 6.83. The number of halogens is 1. The number of carbonyl (C=O) groups is 2. The highest BCUT2D eigenvalue weighted by Crippen LogP contribution is 2.36. The molecule has 170 valence electrons. The van der Waals surface area contributed by atoms with Crippen LogP contribution < -0.4 is 14.2 Å². The lowest BCUT2D eigenvalue weighted by Crippen LogP contribution is -2.28. The number of thioether (sulfide) groups is 1. The molecular formula is C24H21BrN2O5S. The standard InChI is InChI=1S/C24H21BrN2O5S/c1-2-7-27-23(28)22(33-24(27)29)10-15-13-26(19-5-3-16(25)11-18(15)19)8-9-30-17-4-6-20-21(12-17)32-14-31-20/h3-6,10-13H,2,7-9,14H2,1H3/b22-10-. The molecular weight excluding hydrogens is 508 g/mol. The fourth-order valence-corrected chi connectivity index (χ4v) is 5.10. The summed E-state index contributed by atoms with van der Waals surface area (Å²) >= 11 is 4.53. The molecule has 3 aromatic rings. The predicted octanol–water partition coefficient (Wildman–Crippen LogP) is 5.66. The van der Waals surface area contributed by atoms with E-state index in [9.17, 15) is 9.59 Å². The molecule has 5 rings (SSSR count). The molecule has 7 nitrogen and oxygen atoms in total. The van der Waals surface area contributed by atoms with E-state index in [4.69, 9.17) is 14.2 Å². The van der Waals surface area contributed by atoms with Crippen molar-refractivity contribution in [3.8, 4) is 17.2 Å². The van der Waals surface area contributed by atoms with Crippen LogP contribution >= 0.6 is 27.7 Å². The van der Waals surface area contributed by atoms with E-state index in [0.717, 1.165) is 44.9 Å². The van der Waals surface area contributed by atoms with Gasteiger partial charge in [-0.1, -0.05) is 22.9 Å². The molecule has 0 radical (unpaired) electrons. The van der Waals surface area contributed by atoms with Gasteiger partial charge in [-0.05, 0) is 54.6 Å². The Bertz CT molecular complexity index is 1290. The molecule has 2 aliphatic rings. The summed E-state index contributed by atoms with van der Waals surface area (Å²) in [6.07, 6.45) is 4.54. The molecule has 0 atom stereocenters. The van der Waals surface area contributed by atoms with Gasteiger partial charge in [-0.25, -0.2) is 0 Å². The minimum Gasteiger partial charge on any atom is -0.492 e. The van der Waals surface area contributed by atoms with E-state index >= 15 is 0 Å². The van der Waals surface area contributed by atoms with E-state index in [2.05, 4.69) is 20.5 Å². The fourth-order valence-electron chi connectivity index (χ4n) is 3.88. The van der Waals surface area contributed by atoms with Gasteiger partial charge < -0.3 is 18.8 Å². The second kappa shape index (κ2) is 9.15. The van der Waals surface area contributed by atoms with Crippen LogP contribution in [-0.4, -0.2) is 40.6 Å². The van der Waals surface area contributed by atoms with Crippen LogP contribution in [0.15, 0.2) is 52.0 Å². The Kier molecular flexibility index (Phi) is 6.07. The van der Waals surface area contributed by atoms with Gasteiger partial charge in [0.25, 0.3) is 11.1 Å². The van der Waals surface area contributed by atoms with Gasteiger partial charge in [0.2, 0.25) is 6.79 Å². The lowest BCUT2D eigenvalue weighted by atomic mass is 10.1. The maximum atomic E-state index is 12.7. The van der Waals surface area contributed by atoms with Gasteiger partial charge in [0, 0.05) is 39.7 Å². The highest BCUT2D eigenvalue weighted by molar-refractivity contribution is 9.10. The smallest absolute Gasteiger partial charge is 0.293 e. The Hall–Kier alpha value is -2.91. The van der Waals surface area contributed by atoms with E-state index < -0.39 is 0 Å². The quantitative estimate of drug-likeness (QED) is 0.368. The highest BCUT2D eigenvalue weighted by atomic mass is 79.9. The lowest BCUT2D eigenvalue weighted by molar-refractivity contribution is -0.122. The van der Waals surface area contributed by atoms with E-state index in [1.807, 2.05) is 55.6 Å². The number of benzene rings is 2. The predicted molar refractivity (Wildman–Crippen MR) is 131 cm³/mol. The molecule has 0 unspecified atom stereocenters. The molecule has 1 aromatic heterocycles. The molecule has 2 aliphatic heterocycles. The summed E-state index contributed by atoms with van der Waals surface area (Å²) in [5.74, 6) is 1.89. The summed E-state index contributed by atoms with van der Waals surface area (Å²) in [7, 11) is 0. The number of rotatable bonds is 7. The van der Waals surface area contributed by atoms with Crippen LogP contribution in [0.1, 0.15) is 18.9 Å². The molecule has 0 N–H and O–H groups in total. The second-order valence-corrected chi connectivity index (χ2v) is 9.55. The second-order valence-electron chi connectivity index (χ2n) is 7.64. The molecule has 2 aromatic carbocycles. The van der Waals surface area contributed by atoms with Crippen LogP contribution in [0.4, 0.5) is 4.79 Å². The molecule has 1 fully saturated rings. The topological polar surface area (TPSA) is 70.0 Å². The van der Waals surface area contributed by atoms with Crippen molar-refractivity contribution in [1.29, 1.82) is 0 Å². The average molecular weight is 529 g/mol. The SMILES string of the molecule is CCCN1C(=O)S/C(=C\c2cn(CCOc3ccc4c(c3)OCO4)c3ccc(Br)cc23)C1=O. The number of amides is 2. The van der Waals surface area contributed by atoms with Gasteiger partial charge in [-0.2, -0.15) is 0 Å². The lowest BCUT2D eigenvalue weighted by Gasteiger charge is -2.09. The van der Waals surface area contributed by atoms with Gasteiger partial charge in [0.05, 0.1) is 11.4 Å². The minimum absolute atomic E-state index is 0.213. The van der Waals surface area contributed by atoms with Crippen molar-refractivity contribution >= 4 is 55.8 Å². The van der Waals surface area contributed by atoms with Crippen molar-refractivity contribution in [3.05, 3.63) is 57.5 Å². The maximum absolute atomic E-state index is 12.7. The van der Waals surface area contributed by atoms with E-state index in [1.165, 1.54) is 4.90 Å². The summed E-state index contributed by atoms with van der Waals surface area (Å²) in [4.78, 5) is 26.7. The van der Waals surface area contributed by atoms with E-state index in [0.29, 0.717) is 36.1 Å². The molecule has 0 spiro atoms. The Morgan fingerprint density at radius 1 is 1.12 bits per heavy atom. The monoisotopic (exact) mass is 528 g/mol. The maximum Gasteiger partial charge on any atom is 0.293 e.